The minimum absolute atomic E-state index is 0.0242. The van der Waals surface area contributed by atoms with Crippen molar-refractivity contribution >= 4 is 11.5 Å². The topological polar surface area (TPSA) is 73.1 Å². The Hall–Kier alpha value is -2.89. The molecule has 0 amide bonds. The van der Waals surface area contributed by atoms with Gasteiger partial charge in [-0.1, -0.05) is 30.4 Å². The van der Waals surface area contributed by atoms with E-state index >= 15 is 0 Å². The van der Waals surface area contributed by atoms with Crippen LogP contribution in [-0.2, 0) is 25.3 Å². The first-order valence-corrected chi connectivity index (χ1v) is 9.32. The van der Waals surface area contributed by atoms with Gasteiger partial charge in [-0.3, -0.25) is 14.2 Å². The van der Waals surface area contributed by atoms with Crippen molar-refractivity contribution in [1.82, 2.24) is 9.13 Å². The van der Waals surface area contributed by atoms with Crippen LogP contribution in [0, 0.1) is 11.8 Å². The van der Waals surface area contributed by atoms with Gasteiger partial charge in [0.15, 0.2) is 0 Å². The summed E-state index contributed by atoms with van der Waals surface area (Å²) in [5, 5.41) is 3.53. The van der Waals surface area contributed by atoms with Crippen LogP contribution in [0.15, 0.2) is 46.0 Å². The molecule has 1 aliphatic heterocycles. The van der Waals surface area contributed by atoms with E-state index in [1.165, 1.54) is 21.7 Å². The van der Waals surface area contributed by atoms with E-state index in [1.54, 1.807) is 7.05 Å². The molecule has 1 aromatic heterocycles. The summed E-state index contributed by atoms with van der Waals surface area (Å²) in [6.07, 6.45) is 4.94. The lowest BCUT2D eigenvalue weighted by Gasteiger charge is -2.46. The van der Waals surface area contributed by atoms with E-state index in [0.29, 0.717) is 24.1 Å². The zero-order valence-corrected chi connectivity index (χ0v) is 15.3. The number of allylic oxidation sites excluding steroid dienone is 2. The summed E-state index contributed by atoms with van der Waals surface area (Å²) in [5.41, 5.74) is 2.87. The molecule has 0 spiro atoms. The first-order chi connectivity index (χ1) is 13.0. The molecule has 0 saturated heterocycles. The molecule has 6 heteroatoms. The third kappa shape index (κ3) is 2.10. The predicted molar refractivity (Wildman–Crippen MR) is 102 cm³/mol. The molecule has 27 heavy (non-hydrogen) atoms. The van der Waals surface area contributed by atoms with E-state index in [-0.39, 0.29) is 40.8 Å². The van der Waals surface area contributed by atoms with E-state index in [9.17, 15) is 14.4 Å². The van der Waals surface area contributed by atoms with E-state index in [1.807, 2.05) is 24.3 Å². The number of nitrogens with zero attached hydrogens (tertiary/aromatic N) is 2. The molecule has 138 valence electrons. The molecule has 0 saturated carbocycles. The first-order valence-electron chi connectivity index (χ1n) is 9.32. The average Bonchev–Trinajstić information content (AvgIpc) is 2.84. The Kier molecular flexibility index (Phi) is 3.35. The molecule has 2 aromatic rings. The molecule has 1 N–H and O–H groups in total. The van der Waals surface area contributed by atoms with Crippen molar-refractivity contribution in [1.29, 1.82) is 0 Å². The number of benzene rings is 1. The quantitative estimate of drug-likeness (QED) is 0.723. The first kappa shape index (κ1) is 16.3. The zero-order valence-electron chi connectivity index (χ0n) is 15.3. The van der Waals surface area contributed by atoms with Crippen molar-refractivity contribution in [3.63, 3.8) is 0 Å². The number of rotatable bonds is 0. The highest BCUT2D eigenvalue weighted by atomic mass is 16.2. The highest BCUT2D eigenvalue weighted by Crippen LogP contribution is 2.52. The Balaban J connectivity index is 1.83. The molecule has 6 nitrogen and oxygen atoms in total. The van der Waals surface area contributed by atoms with Crippen LogP contribution in [0.4, 0.5) is 5.69 Å². The molecule has 0 radical (unpaired) electrons. The van der Waals surface area contributed by atoms with Gasteiger partial charge in [-0.2, -0.15) is 0 Å². The van der Waals surface area contributed by atoms with E-state index in [4.69, 9.17) is 0 Å². The molecule has 2 heterocycles. The number of Topliss-reactive ketones (excluding diaryl/α,β-unsaturated/α-hetero) is 1. The number of hydrogen-bond acceptors (Lipinski definition) is 4. The highest BCUT2D eigenvalue weighted by molar-refractivity contribution is 5.85. The fourth-order valence-electron chi connectivity index (χ4n) is 5.20. The summed E-state index contributed by atoms with van der Waals surface area (Å²) in [4.78, 5) is 38.4. The molecule has 2 aliphatic carbocycles. The Morgan fingerprint density at radius 2 is 1.85 bits per heavy atom. The number of nitrogens with one attached hydrogen (secondary N) is 1. The monoisotopic (exact) mass is 363 g/mol. The summed E-state index contributed by atoms with van der Waals surface area (Å²) in [6.45, 7) is 0. The van der Waals surface area contributed by atoms with Crippen molar-refractivity contribution < 1.29 is 4.79 Å². The number of ketones is 1. The van der Waals surface area contributed by atoms with Crippen molar-refractivity contribution in [2.24, 2.45) is 25.9 Å². The van der Waals surface area contributed by atoms with Gasteiger partial charge in [0.1, 0.15) is 5.78 Å². The molecule has 4 atom stereocenters. The number of para-hydroxylation sites is 1. The number of fused-ring (bicyclic) bond motifs is 4. The van der Waals surface area contributed by atoms with Gasteiger partial charge in [0, 0.05) is 49.7 Å². The maximum Gasteiger partial charge on any atom is 0.330 e. The third-order valence-electron chi connectivity index (χ3n) is 6.52. The van der Waals surface area contributed by atoms with Crippen LogP contribution in [0.3, 0.4) is 0 Å². The van der Waals surface area contributed by atoms with Crippen LogP contribution in [0.25, 0.3) is 0 Å². The number of hydrogen-bond donors (Lipinski definition) is 1. The van der Waals surface area contributed by atoms with Crippen LogP contribution in [-0.4, -0.2) is 14.9 Å². The fourth-order valence-corrected chi connectivity index (χ4v) is 5.20. The standard InChI is InChI=1S/C21H21N3O3/c1-23-15-10-13-16(25)9-5-7-12-11-6-3-4-8-14(11)22-19(17(12)13)18(15)20(26)24(2)21(23)27/h3-8,12-13,17,19,22H,9-10H2,1-2H3/t12-,13-,17+,19+/m1/s1. The lowest BCUT2D eigenvalue weighted by Crippen LogP contribution is -2.50. The molecule has 0 fully saturated rings. The van der Waals surface area contributed by atoms with Gasteiger partial charge in [0.2, 0.25) is 0 Å². The SMILES string of the molecule is Cn1c2c(c(=O)n(C)c1=O)[C@H]1Nc3ccccc3[C@H]3C=CCC(=O)[C@@H](C2)[C@H]31. The van der Waals surface area contributed by atoms with E-state index in [2.05, 4.69) is 17.5 Å². The van der Waals surface area contributed by atoms with Crippen LogP contribution in [0.5, 0.6) is 0 Å². The second-order valence-corrected chi connectivity index (χ2v) is 7.79. The van der Waals surface area contributed by atoms with E-state index in [0.717, 1.165) is 5.69 Å². The van der Waals surface area contributed by atoms with Crippen molar-refractivity contribution in [3.8, 4) is 0 Å². The largest absolute Gasteiger partial charge is 0.377 e. The molecule has 1 aromatic carbocycles. The lowest BCUT2D eigenvalue weighted by atomic mass is 9.64. The maximum atomic E-state index is 13.0. The van der Waals surface area contributed by atoms with Gasteiger partial charge in [-0.25, -0.2) is 4.79 Å². The molecule has 5 rings (SSSR count). The van der Waals surface area contributed by atoms with Crippen LogP contribution in [0.2, 0.25) is 0 Å². The van der Waals surface area contributed by atoms with Crippen LogP contribution in [0.1, 0.15) is 35.2 Å². The van der Waals surface area contributed by atoms with E-state index < -0.39 is 0 Å². The summed E-state index contributed by atoms with van der Waals surface area (Å²) in [5.74, 6) is 0.0348. The van der Waals surface area contributed by atoms with Gasteiger partial charge in [-0.05, 0) is 18.1 Å². The Morgan fingerprint density at radius 1 is 1.07 bits per heavy atom. The second kappa shape index (κ2) is 5.55. The molecular weight excluding hydrogens is 342 g/mol. The van der Waals surface area contributed by atoms with Crippen LogP contribution >= 0.6 is 0 Å². The van der Waals surface area contributed by atoms with Crippen molar-refractivity contribution in [2.75, 3.05) is 5.32 Å². The number of carbonyl (C=O) groups excluding carboxylic acids is 1. The molecule has 3 aliphatic rings. The number of anilines is 1. The van der Waals surface area contributed by atoms with Gasteiger partial charge in [-0.15, -0.1) is 0 Å². The van der Waals surface area contributed by atoms with Gasteiger partial charge >= 0.3 is 5.69 Å². The second-order valence-electron chi connectivity index (χ2n) is 7.79. The molecular formula is C21H21N3O3. The fraction of sp³-hybridized carbons (Fsp3) is 0.381. The summed E-state index contributed by atoms with van der Waals surface area (Å²) < 4.78 is 2.71. The highest BCUT2D eigenvalue weighted by Gasteiger charge is 2.49. The Bertz CT molecular complexity index is 1120. The van der Waals surface area contributed by atoms with Crippen molar-refractivity contribution in [3.05, 3.63) is 74.1 Å². The molecule has 0 unspecified atom stereocenters. The average molecular weight is 363 g/mol. The number of aromatic nitrogens is 2. The summed E-state index contributed by atoms with van der Waals surface area (Å²) >= 11 is 0. The van der Waals surface area contributed by atoms with Gasteiger partial charge < -0.3 is 9.88 Å². The van der Waals surface area contributed by atoms with Crippen LogP contribution < -0.4 is 16.6 Å². The normalized spacial score (nSPS) is 27.9. The van der Waals surface area contributed by atoms with Crippen molar-refractivity contribution in [2.45, 2.75) is 24.8 Å². The predicted octanol–water partition coefficient (Wildman–Crippen LogP) is 1.65. The van der Waals surface area contributed by atoms with Gasteiger partial charge in [0.05, 0.1) is 11.6 Å². The zero-order chi connectivity index (χ0) is 18.9. The maximum absolute atomic E-state index is 13.0. The summed E-state index contributed by atoms with van der Waals surface area (Å²) in [6, 6.07) is 7.81. The minimum Gasteiger partial charge on any atom is -0.377 e. The lowest BCUT2D eigenvalue weighted by molar-refractivity contribution is -0.124. The third-order valence-corrected chi connectivity index (χ3v) is 6.52. The summed E-state index contributed by atoms with van der Waals surface area (Å²) in [7, 11) is 3.21. The minimum atomic E-state index is -0.343. The molecule has 0 bridgehead atoms. The Morgan fingerprint density at radius 3 is 2.67 bits per heavy atom. The number of carbonyl (C=O) groups is 1. The Labute approximate surface area is 156 Å². The smallest absolute Gasteiger partial charge is 0.330 e. The van der Waals surface area contributed by atoms with Gasteiger partial charge in [0.25, 0.3) is 5.56 Å².